The van der Waals surface area contributed by atoms with Crippen molar-refractivity contribution in [2.45, 2.75) is 51.0 Å². The highest BCUT2D eigenvalue weighted by Gasteiger charge is 2.33. The minimum Gasteiger partial charge on any atom is -0.490 e. The van der Waals surface area contributed by atoms with Crippen LogP contribution in [0, 0.1) is 6.92 Å². The molecular weight excluding hydrogens is 406 g/mol. The average molecular weight is 429 g/mol. The number of amides is 1. The summed E-state index contributed by atoms with van der Waals surface area (Å²) >= 11 is 0. The van der Waals surface area contributed by atoms with Crippen LogP contribution in [0.3, 0.4) is 0 Å². The van der Waals surface area contributed by atoms with E-state index >= 15 is 0 Å². The Hall–Kier alpha value is -3.75. The second-order valence-corrected chi connectivity index (χ2v) is 8.48. The lowest BCUT2D eigenvalue weighted by atomic mass is 9.86. The molecule has 32 heavy (non-hydrogen) atoms. The molecule has 0 spiro atoms. The Kier molecular flexibility index (Phi) is 4.41. The second kappa shape index (κ2) is 7.44. The van der Waals surface area contributed by atoms with Gasteiger partial charge in [-0.25, -0.2) is 0 Å². The van der Waals surface area contributed by atoms with E-state index in [1.54, 1.807) is 9.20 Å². The third-order valence-corrected chi connectivity index (χ3v) is 6.35. The van der Waals surface area contributed by atoms with Gasteiger partial charge in [0, 0.05) is 17.9 Å². The number of carbonyl (C=O) groups is 1. The topological polar surface area (TPSA) is 99.2 Å². The maximum absolute atomic E-state index is 12.6. The minimum atomic E-state index is -0.0772. The van der Waals surface area contributed by atoms with Gasteiger partial charge in [-0.3, -0.25) is 4.79 Å². The van der Waals surface area contributed by atoms with E-state index in [1.807, 2.05) is 31.2 Å². The molecule has 1 amide bonds. The molecule has 4 aromatic rings. The predicted octanol–water partition coefficient (Wildman–Crippen LogP) is 3.41. The second-order valence-electron chi connectivity index (χ2n) is 8.48. The Labute approximate surface area is 184 Å². The summed E-state index contributed by atoms with van der Waals surface area (Å²) in [7, 11) is 0. The largest absolute Gasteiger partial charge is 0.490 e. The molecule has 1 N–H and O–H groups in total. The van der Waals surface area contributed by atoms with Gasteiger partial charge in [0.15, 0.2) is 11.5 Å². The molecule has 2 aliphatic rings. The highest BCUT2D eigenvalue weighted by atomic mass is 16.5. The molecule has 1 atom stereocenters. The standard InChI is InChI=1S/C23H23N7O2/c1-14-22-18(15-6-8-17(9-7-15)32-16-4-2-3-5-16)12-21(31)25-23(22)30(27-14)20-11-10-19-26-24-13-29(19)28-20/h6-11,13,16,18H,2-5,12H2,1H3,(H,25,31). The molecule has 1 aliphatic carbocycles. The average Bonchev–Trinajstić information content (AvgIpc) is 3.54. The number of nitrogens with one attached hydrogen (secondary N) is 1. The number of hydrogen-bond donors (Lipinski definition) is 1. The van der Waals surface area contributed by atoms with Gasteiger partial charge in [-0.15, -0.1) is 15.3 Å². The summed E-state index contributed by atoms with van der Waals surface area (Å²) in [5.74, 6) is 2.02. The Morgan fingerprint density at radius 2 is 1.88 bits per heavy atom. The van der Waals surface area contributed by atoms with Crippen molar-refractivity contribution in [1.29, 1.82) is 0 Å². The molecule has 4 heterocycles. The first-order chi connectivity index (χ1) is 15.7. The summed E-state index contributed by atoms with van der Waals surface area (Å²) in [6, 6.07) is 11.8. The molecule has 9 heteroatoms. The van der Waals surface area contributed by atoms with E-state index < -0.39 is 0 Å². The molecular formula is C23H23N7O2. The van der Waals surface area contributed by atoms with E-state index in [9.17, 15) is 4.79 Å². The normalized spacial score (nSPS) is 18.7. The number of aryl methyl sites for hydroxylation is 1. The van der Waals surface area contributed by atoms with Crippen LogP contribution < -0.4 is 10.1 Å². The molecule has 1 unspecified atom stereocenters. The molecule has 3 aromatic heterocycles. The molecule has 1 aliphatic heterocycles. The number of benzene rings is 1. The van der Waals surface area contributed by atoms with Crippen LogP contribution in [0.15, 0.2) is 42.7 Å². The fourth-order valence-electron chi connectivity index (χ4n) is 4.81. The molecule has 1 fully saturated rings. The van der Waals surface area contributed by atoms with Crippen LogP contribution >= 0.6 is 0 Å². The predicted molar refractivity (Wildman–Crippen MR) is 117 cm³/mol. The monoisotopic (exact) mass is 429 g/mol. The number of fused-ring (bicyclic) bond motifs is 2. The van der Waals surface area contributed by atoms with E-state index in [-0.39, 0.29) is 11.8 Å². The van der Waals surface area contributed by atoms with E-state index in [1.165, 1.54) is 19.2 Å². The zero-order valence-corrected chi connectivity index (χ0v) is 17.7. The maximum Gasteiger partial charge on any atom is 0.226 e. The number of nitrogens with zero attached hydrogens (tertiary/aromatic N) is 6. The van der Waals surface area contributed by atoms with Crippen molar-refractivity contribution in [3.8, 4) is 11.6 Å². The van der Waals surface area contributed by atoms with Crippen molar-refractivity contribution in [2.75, 3.05) is 5.32 Å². The quantitative estimate of drug-likeness (QED) is 0.534. The number of carbonyl (C=O) groups excluding carboxylic acids is 1. The van der Waals surface area contributed by atoms with Crippen LogP contribution in [0.5, 0.6) is 5.75 Å². The number of hydrogen-bond acceptors (Lipinski definition) is 6. The van der Waals surface area contributed by atoms with Gasteiger partial charge in [0.1, 0.15) is 17.9 Å². The smallest absolute Gasteiger partial charge is 0.226 e. The van der Waals surface area contributed by atoms with Crippen LogP contribution in [0.1, 0.15) is 54.8 Å². The number of rotatable bonds is 4. The molecule has 1 aromatic carbocycles. The maximum atomic E-state index is 12.6. The van der Waals surface area contributed by atoms with Crippen LogP contribution in [-0.4, -0.2) is 41.6 Å². The van der Waals surface area contributed by atoms with Crippen LogP contribution in [0.4, 0.5) is 5.82 Å². The Morgan fingerprint density at radius 3 is 2.69 bits per heavy atom. The molecule has 0 radical (unpaired) electrons. The molecule has 0 bridgehead atoms. The molecule has 9 nitrogen and oxygen atoms in total. The summed E-state index contributed by atoms with van der Waals surface area (Å²) in [4.78, 5) is 12.6. The van der Waals surface area contributed by atoms with Gasteiger partial charge in [0.2, 0.25) is 5.91 Å². The zero-order chi connectivity index (χ0) is 21.7. The van der Waals surface area contributed by atoms with E-state index in [4.69, 9.17) is 9.84 Å². The van der Waals surface area contributed by atoms with Gasteiger partial charge < -0.3 is 10.1 Å². The Morgan fingerprint density at radius 1 is 1.06 bits per heavy atom. The van der Waals surface area contributed by atoms with Crippen molar-refractivity contribution in [3.63, 3.8) is 0 Å². The van der Waals surface area contributed by atoms with E-state index in [2.05, 4.69) is 32.7 Å². The van der Waals surface area contributed by atoms with Crippen molar-refractivity contribution < 1.29 is 9.53 Å². The van der Waals surface area contributed by atoms with Gasteiger partial charge >= 0.3 is 0 Å². The number of aromatic nitrogens is 6. The zero-order valence-electron chi connectivity index (χ0n) is 17.7. The molecule has 6 rings (SSSR count). The van der Waals surface area contributed by atoms with E-state index in [0.29, 0.717) is 29.8 Å². The fourth-order valence-corrected chi connectivity index (χ4v) is 4.81. The minimum absolute atomic E-state index is 0.0414. The Balaban J connectivity index is 1.36. The first kappa shape index (κ1) is 19.0. The summed E-state index contributed by atoms with van der Waals surface area (Å²) in [6.07, 6.45) is 6.97. The lowest BCUT2D eigenvalue weighted by Crippen LogP contribution is -2.25. The van der Waals surface area contributed by atoms with Gasteiger partial charge in [0.05, 0.1) is 11.8 Å². The van der Waals surface area contributed by atoms with Crippen LogP contribution in [-0.2, 0) is 4.79 Å². The summed E-state index contributed by atoms with van der Waals surface area (Å²) in [5, 5.41) is 20.1. The van der Waals surface area contributed by atoms with Gasteiger partial charge in [-0.05, 0) is 62.4 Å². The van der Waals surface area contributed by atoms with Crippen molar-refractivity contribution in [2.24, 2.45) is 0 Å². The number of ether oxygens (including phenoxy) is 1. The SMILES string of the molecule is Cc1nn(-c2ccc3nncn3n2)c2c1C(c1ccc(OC3CCCC3)cc1)CC(=O)N2. The fraction of sp³-hybridized carbons (Fsp3) is 0.348. The molecule has 0 saturated heterocycles. The lowest BCUT2D eigenvalue weighted by molar-refractivity contribution is -0.116. The first-order valence-corrected chi connectivity index (χ1v) is 11.0. The molecule has 1 saturated carbocycles. The summed E-state index contributed by atoms with van der Waals surface area (Å²) in [6.45, 7) is 1.97. The van der Waals surface area contributed by atoms with Crippen molar-refractivity contribution in [1.82, 2.24) is 29.6 Å². The van der Waals surface area contributed by atoms with Crippen LogP contribution in [0.25, 0.3) is 11.5 Å². The Bertz CT molecular complexity index is 1300. The van der Waals surface area contributed by atoms with Gasteiger partial charge in [-0.2, -0.15) is 14.3 Å². The highest BCUT2D eigenvalue weighted by Crippen LogP contribution is 2.40. The van der Waals surface area contributed by atoms with Crippen LogP contribution in [0.2, 0.25) is 0 Å². The third kappa shape index (κ3) is 3.21. The highest BCUT2D eigenvalue weighted by molar-refractivity contribution is 5.95. The summed E-state index contributed by atoms with van der Waals surface area (Å²) in [5.41, 5.74) is 3.60. The third-order valence-electron chi connectivity index (χ3n) is 6.35. The molecule has 162 valence electrons. The van der Waals surface area contributed by atoms with Crippen molar-refractivity contribution >= 4 is 17.4 Å². The number of anilines is 1. The van der Waals surface area contributed by atoms with Crippen molar-refractivity contribution in [3.05, 3.63) is 59.5 Å². The van der Waals surface area contributed by atoms with Gasteiger partial charge in [-0.1, -0.05) is 12.1 Å². The lowest BCUT2D eigenvalue weighted by Gasteiger charge is -2.24. The first-order valence-electron chi connectivity index (χ1n) is 11.0. The van der Waals surface area contributed by atoms with Gasteiger partial charge in [0.25, 0.3) is 0 Å². The van der Waals surface area contributed by atoms with E-state index in [0.717, 1.165) is 35.4 Å². The summed E-state index contributed by atoms with van der Waals surface area (Å²) < 4.78 is 9.38.